The Labute approximate surface area is 117 Å². The number of hydrogen-bond acceptors (Lipinski definition) is 3. The first-order valence-electron chi connectivity index (χ1n) is 5.26. The number of methoxy groups -OCH3 is 2. The molecule has 0 bridgehead atoms. The van der Waals surface area contributed by atoms with Crippen molar-refractivity contribution in [2.45, 2.75) is 4.83 Å². The highest BCUT2D eigenvalue weighted by atomic mass is 79.9. The van der Waals surface area contributed by atoms with E-state index in [-0.39, 0.29) is 10.6 Å². The van der Waals surface area contributed by atoms with Crippen molar-refractivity contribution in [3.63, 3.8) is 0 Å². The van der Waals surface area contributed by atoms with Gasteiger partial charge in [-0.05, 0) is 17.5 Å². The highest BCUT2D eigenvalue weighted by Crippen LogP contribution is 2.41. The van der Waals surface area contributed by atoms with E-state index in [1.54, 1.807) is 19.2 Å². The number of benzene rings is 1. The molecule has 0 amide bonds. The zero-order chi connectivity index (χ0) is 13.1. The van der Waals surface area contributed by atoms with Crippen LogP contribution in [0.4, 0.5) is 4.39 Å². The second-order valence-corrected chi connectivity index (χ2v) is 5.47. The van der Waals surface area contributed by atoms with E-state index in [9.17, 15) is 4.39 Å². The van der Waals surface area contributed by atoms with Gasteiger partial charge in [-0.15, -0.1) is 11.3 Å². The summed E-state index contributed by atoms with van der Waals surface area (Å²) < 4.78 is 24.2. The third kappa shape index (κ3) is 2.52. The van der Waals surface area contributed by atoms with E-state index < -0.39 is 0 Å². The van der Waals surface area contributed by atoms with Crippen LogP contribution in [0.2, 0.25) is 0 Å². The van der Waals surface area contributed by atoms with Crippen molar-refractivity contribution in [2.24, 2.45) is 0 Å². The Kier molecular flexibility index (Phi) is 4.24. The van der Waals surface area contributed by atoms with Gasteiger partial charge in [0.1, 0.15) is 17.3 Å². The highest BCUT2D eigenvalue weighted by molar-refractivity contribution is 9.09. The Hall–Kier alpha value is -1.07. The van der Waals surface area contributed by atoms with Crippen LogP contribution in [0.5, 0.6) is 11.5 Å². The topological polar surface area (TPSA) is 18.5 Å². The summed E-state index contributed by atoms with van der Waals surface area (Å²) in [5, 5.41) is 1.92. The summed E-state index contributed by atoms with van der Waals surface area (Å²) in [7, 11) is 3.12. The lowest BCUT2D eigenvalue weighted by atomic mass is 10.1. The number of thiophene rings is 1. The second kappa shape index (κ2) is 5.71. The molecule has 1 atom stereocenters. The molecule has 2 nitrogen and oxygen atoms in total. The molecule has 0 fully saturated rings. The fourth-order valence-corrected chi connectivity index (χ4v) is 3.42. The predicted molar refractivity (Wildman–Crippen MR) is 74.6 cm³/mol. The molecule has 1 aromatic heterocycles. The van der Waals surface area contributed by atoms with Crippen molar-refractivity contribution in [1.29, 1.82) is 0 Å². The summed E-state index contributed by atoms with van der Waals surface area (Å²) in [6.07, 6.45) is 0. The number of rotatable bonds is 4. The van der Waals surface area contributed by atoms with Crippen molar-refractivity contribution in [3.05, 3.63) is 45.9 Å². The van der Waals surface area contributed by atoms with E-state index in [1.807, 2.05) is 11.4 Å². The summed E-state index contributed by atoms with van der Waals surface area (Å²) in [4.78, 5) is 0.722. The summed E-state index contributed by atoms with van der Waals surface area (Å²) in [5.41, 5.74) is 0.566. The van der Waals surface area contributed by atoms with E-state index in [1.165, 1.54) is 24.5 Å². The van der Waals surface area contributed by atoms with Gasteiger partial charge >= 0.3 is 0 Å². The average Bonchev–Trinajstić information content (AvgIpc) is 2.86. The molecule has 0 saturated carbocycles. The first-order valence-corrected chi connectivity index (χ1v) is 7.05. The van der Waals surface area contributed by atoms with Gasteiger partial charge in [0, 0.05) is 11.6 Å². The van der Waals surface area contributed by atoms with Crippen LogP contribution in [0.25, 0.3) is 0 Å². The molecule has 1 aromatic carbocycles. The quantitative estimate of drug-likeness (QED) is 0.774. The minimum absolute atomic E-state index is 0.224. The molecule has 0 saturated heterocycles. The molecule has 1 unspecified atom stereocenters. The molecule has 2 aromatic rings. The Morgan fingerprint density at radius 2 is 2.00 bits per heavy atom. The Bertz CT molecular complexity index is 542. The van der Waals surface area contributed by atoms with Gasteiger partial charge in [0.05, 0.1) is 23.9 Å². The number of alkyl halides is 1. The van der Waals surface area contributed by atoms with Gasteiger partial charge in [-0.1, -0.05) is 22.0 Å². The maximum absolute atomic E-state index is 14.0. The second-order valence-electron chi connectivity index (χ2n) is 3.60. The average molecular weight is 331 g/mol. The first kappa shape index (κ1) is 13.4. The van der Waals surface area contributed by atoms with Crippen molar-refractivity contribution < 1.29 is 13.9 Å². The maximum Gasteiger partial charge on any atom is 0.134 e. The van der Waals surface area contributed by atoms with Crippen LogP contribution in [-0.4, -0.2) is 14.2 Å². The van der Waals surface area contributed by atoms with Crippen molar-refractivity contribution in [1.82, 2.24) is 0 Å². The van der Waals surface area contributed by atoms with Gasteiger partial charge in [0.15, 0.2) is 0 Å². The van der Waals surface area contributed by atoms with E-state index in [2.05, 4.69) is 15.9 Å². The monoisotopic (exact) mass is 330 g/mol. The van der Waals surface area contributed by atoms with Gasteiger partial charge in [-0.3, -0.25) is 0 Å². The minimum atomic E-state index is -0.299. The Morgan fingerprint density at radius 1 is 1.22 bits per heavy atom. The number of hydrogen-bond donors (Lipinski definition) is 0. The highest BCUT2D eigenvalue weighted by Gasteiger charge is 2.20. The van der Waals surface area contributed by atoms with E-state index >= 15 is 0 Å². The Morgan fingerprint density at radius 3 is 2.61 bits per heavy atom. The molecule has 0 aliphatic rings. The summed E-state index contributed by atoms with van der Waals surface area (Å²) >= 11 is 5.04. The molecule has 0 spiro atoms. The first-order chi connectivity index (χ1) is 8.67. The van der Waals surface area contributed by atoms with Crippen LogP contribution in [0.3, 0.4) is 0 Å². The van der Waals surface area contributed by atoms with E-state index in [0.717, 1.165) is 10.6 Å². The zero-order valence-electron chi connectivity index (χ0n) is 9.94. The predicted octanol–water partition coefficient (Wildman–Crippen LogP) is 4.39. The van der Waals surface area contributed by atoms with Crippen LogP contribution in [0.1, 0.15) is 15.3 Å². The van der Waals surface area contributed by atoms with Crippen molar-refractivity contribution in [3.8, 4) is 11.5 Å². The van der Waals surface area contributed by atoms with Crippen LogP contribution < -0.4 is 9.47 Å². The van der Waals surface area contributed by atoms with Gasteiger partial charge in [-0.2, -0.15) is 0 Å². The smallest absolute Gasteiger partial charge is 0.134 e. The van der Waals surface area contributed by atoms with Crippen molar-refractivity contribution >= 4 is 27.3 Å². The standard InChI is InChI=1S/C13H12BrFO2S/c1-16-8-3-4-9(10(15)7-8)12(14)13-11(17-2)5-6-18-13/h3-7,12H,1-2H3. The van der Waals surface area contributed by atoms with Crippen molar-refractivity contribution in [2.75, 3.05) is 14.2 Å². The molecule has 0 radical (unpaired) electrons. The molecule has 5 heteroatoms. The zero-order valence-corrected chi connectivity index (χ0v) is 12.3. The summed E-state index contributed by atoms with van der Waals surface area (Å²) in [5.74, 6) is 0.970. The fraction of sp³-hybridized carbons (Fsp3) is 0.231. The van der Waals surface area contributed by atoms with E-state index in [4.69, 9.17) is 9.47 Å². The molecular formula is C13H12BrFO2S. The lowest BCUT2D eigenvalue weighted by Gasteiger charge is -2.12. The SMILES string of the molecule is COc1ccc(C(Br)c2sccc2OC)c(F)c1. The Balaban J connectivity index is 2.37. The lowest BCUT2D eigenvalue weighted by molar-refractivity contribution is 0.410. The fourth-order valence-electron chi connectivity index (χ4n) is 1.64. The van der Waals surface area contributed by atoms with Crippen LogP contribution in [-0.2, 0) is 0 Å². The molecule has 0 N–H and O–H groups in total. The van der Waals surface area contributed by atoms with Crippen LogP contribution >= 0.6 is 27.3 Å². The normalized spacial score (nSPS) is 12.2. The van der Waals surface area contributed by atoms with Gasteiger partial charge in [-0.25, -0.2) is 4.39 Å². The van der Waals surface area contributed by atoms with E-state index in [0.29, 0.717) is 11.3 Å². The molecule has 1 heterocycles. The maximum atomic E-state index is 14.0. The number of halogens is 2. The van der Waals surface area contributed by atoms with Gasteiger partial charge in [0.2, 0.25) is 0 Å². The molecule has 2 rings (SSSR count). The largest absolute Gasteiger partial charge is 0.497 e. The van der Waals surface area contributed by atoms with Gasteiger partial charge < -0.3 is 9.47 Å². The third-order valence-electron chi connectivity index (χ3n) is 2.59. The number of ether oxygens (including phenoxy) is 2. The molecule has 18 heavy (non-hydrogen) atoms. The minimum Gasteiger partial charge on any atom is -0.497 e. The van der Waals surface area contributed by atoms with Crippen LogP contribution in [0.15, 0.2) is 29.6 Å². The molecular weight excluding hydrogens is 319 g/mol. The molecule has 0 aliphatic heterocycles. The van der Waals surface area contributed by atoms with Crippen LogP contribution in [0, 0.1) is 5.82 Å². The summed E-state index contributed by atoms with van der Waals surface area (Å²) in [6.45, 7) is 0. The lowest BCUT2D eigenvalue weighted by Crippen LogP contribution is -1.97. The van der Waals surface area contributed by atoms with Gasteiger partial charge in [0.25, 0.3) is 0 Å². The third-order valence-corrected chi connectivity index (χ3v) is 4.81. The molecule has 96 valence electrons. The molecule has 0 aliphatic carbocycles. The summed E-state index contributed by atoms with van der Waals surface area (Å²) in [6, 6.07) is 6.71.